The van der Waals surface area contributed by atoms with Crippen molar-refractivity contribution in [3.05, 3.63) is 65.7 Å². The van der Waals surface area contributed by atoms with Crippen molar-refractivity contribution in [1.29, 1.82) is 0 Å². The van der Waals surface area contributed by atoms with E-state index in [0.717, 1.165) is 37.1 Å². The molecule has 2 N–H and O–H groups in total. The van der Waals surface area contributed by atoms with Gasteiger partial charge >= 0.3 is 0 Å². The Morgan fingerprint density at radius 2 is 1.87 bits per heavy atom. The predicted octanol–water partition coefficient (Wildman–Crippen LogP) is 3.60. The minimum absolute atomic E-state index is 0.107. The SMILES string of the molecule is C[C@H]1C[C@@H](C(=O)Nc2ccccc2Cc2ccccc2)CCN1. The summed E-state index contributed by atoms with van der Waals surface area (Å²) in [6.07, 6.45) is 2.66. The molecule has 2 aromatic rings. The fourth-order valence-corrected chi connectivity index (χ4v) is 3.22. The number of hydrogen-bond acceptors (Lipinski definition) is 2. The van der Waals surface area contributed by atoms with E-state index in [1.807, 2.05) is 36.4 Å². The van der Waals surface area contributed by atoms with Gasteiger partial charge in [0.05, 0.1) is 0 Å². The quantitative estimate of drug-likeness (QED) is 0.906. The molecule has 2 atom stereocenters. The molecule has 0 aliphatic carbocycles. The van der Waals surface area contributed by atoms with Crippen LogP contribution >= 0.6 is 0 Å². The maximum absolute atomic E-state index is 12.6. The van der Waals surface area contributed by atoms with Gasteiger partial charge in [-0.15, -0.1) is 0 Å². The van der Waals surface area contributed by atoms with Crippen LogP contribution in [-0.4, -0.2) is 18.5 Å². The first-order valence-corrected chi connectivity index (χ1v) is 8.38. The van der Waals surface area contributed by atoms with Gasteiger partial charge in [-0.2, -0.15) is 0 Å². The molecule has 23 heavy (non-hydrogen) atoms. The van der Waals surface area contributed by atoms with Crippen LogP contribution in [0.15, 0.2) is 54.6 Å². The highest BCUT2D eigenvalue weighted by Gasteiger charge is 2.25. The van der Waals surface area contributed by atoms with E-state index < -0.39 is 0 Å². The number of para-hydroxylation sites is 1. The molecule has 3 nitrogen and oxygen atoms in total. The van der Waals surface area contributed by atoms with Gasteiger partial charge in [-0.1, -0.05) is 48.5 Å². The average Bonchev–Trinajstić information content (AvgIpc) is 2.57. The average molecular weight is 308 g/mol. The molecule has 1 heterocycles. The van der Waals surface area contributed by atoms with Crippen molar-refractivity contribution in [3.8, 4) is 0 Å². The van der Waals surface area contributed by atoms with Crippen LogP contribution in [0.2, 0.25) is 0 Å². The first-order valence-electron chi connectivity index (χ1n) is 8.38. The molecule has 0 spiro atoms. The Morgan fingerprint density at radius 3 is 2.65 bits per heavy atom. The van der Waals surface area contributed by atoms with E-state index in [-0.39, 0.29) is 11.8 Å². The topological polar surface area (TPSA) is 41.1 Å². The number of amides is 1. The molecule has 3 heteroatoms. The third kappa shape index (κ3) is 4.20. The highest BCUT2D eigenvalue weighted by atomic mass is 16.1. The van der Waals surface area contributed by atoms with E-state index >= 15 is 0 Å². The summed E-state index contributed by atoms with van der Waals surface area (Å²) in [4.78, 5) is 12.6. The fourth-order valence-electron chi connectivity index (χ4n) is 3.22. The number of rotatable bonds is 4. The maximum Gasteiger partial charge on any atom is 0.227 e. The first kappa shape index (κ1) is 15.8. The van der Waals surface area contributed by atoms with E-state index in [0.29, 0.717) is 6.04 Å². The van der Waals surface area contributed by atoms with Gasteiger partial charge in [-0.3, -0.25) is 4.79 Å². The Hall–Kier alpha value is -2.13. The number of anilines is 1. The molecule has 1 fully saturated rings. The Morgan fingerprint density at radius 1 is 1.13 bits per heavy atom. The first-order chi connectivity index (χ1) is 11.2. The zero-order valence-corrected chi connectivity index (χ0v) is 13.6. The molecule has 120 valence electrons. The minimum Gasteiger partial charge on any atom is -0.326 e. The fraction of sp³-hybridized carbons (Fsp3) is 0.350. The van der Waals surface area contributed by atoms with Crippen molar-refractivity contribution >= 4 is 11.6 Å². The second-order valence-electron chi connectivity index (χ2n) is 6.39. The Kier molecular flexibility index (Phi) is 5.09. The third-order valence-corrected chi connectivity index (χ3v) is 4.51. The molecule has 0 saturated carbocycles. The molecular weight excluding hydrogens is 284 g/mol. The highest BCUT2D eigenvalue weighted by molar-refractivity contribution is 5.93. The normalized spacial score (nSPS) is 20.9. The summed E-state index contributed by atoms with van der Waals surface area (Å²) in [5.74, 6) is 0.259. The molecule has 0 bridgehead atoms. The summed E-state index contributed by atoms with van der Waals surface area (Å²) in [6, 6.07) is 18.9. The van der Waals surface area contributed by atoms with Gasteiger partial charge in [0.25, 0.3) is 0 Å². The molecule has 0 aromatic heterocycles. The molecule has 1 amide bonds. The summed E-state index contributed by atoms with van der Waals surface area (Å²) in [7, 11) is 0. The van der Waals surface area contributed by atoms with Crippen molar-refractivity contribution in [2.75, 3.05) is 11.9 Å². The summed E-state index contributed by atoms with van der Waals surface area (Å²) in [5, 5.41) is 6.55. The largest absolute Gasteiger partial charge is 0.326 e. The number of nitrogens with one attached hydrogen (secondary N) is 2. The predicted molar refractivity (Wildman–Crippen MR) is 94.5 cm³/mol. The van der Waals surface area contributed by atoms with Gasteiger partial charge in [-0.05, 0) is 49.9 Å². The number of hydrogen-bond donors (Lipinski definition) is 2. The zero-order valence-electron chi connectivity index (χ0n) is 13.6. The lowest BCUT2D eigenvalue weighted by atomic mass is 9.92. The Labute approximate surface area is 138 Å². The Balaban J connectivity index is 1.71. The molecule has 1 aliphatic heterocycles. The lowest BCUT2D eigenvalue weighted by Gasteiger charge is -2.27. The van der Waals surface area contributed by atoms with Crippen LogP contribution in [0.1, 0.15) is 30.9 Å². The van der Waals surface area contributed by atoms with Gasteiger partial charge in [0.2, 0.25) is 5.91 Å². The van der Waals surface area contributed by atoms with Crippen LogP contribution < -0.4 is 10.6 Å². The molecule has 1 aliphatic rings. The van der Waals surface area contributed by atoms with Gasteiger partial charge in [-0.25, -0.2) is 0 Å². The van der Waals surface area contributed by atoms with Crippen LogP contribution in [0.25, 0.3) is 0 Å². The molecule has 0 unspecified atom stereocenters. The summed E-state index contributed by atoms with van der Waals surface area (Å²) in [5.41, 5.74) is 3.35. The maximum atomic E-state index is 12.6. The monoisotopic (exact) mass is 308 g/mol. The van der Waals surface area contributed by atoms with Gasteiger partial charge in [0, 0.05) is 17.6 Å². The molecule has 2 aromatic carbocycles. The third-order valence-electron chi connectivity index (χ3n) is 4.51. The minimum atomic E-state index is 0.107. The Bertz CT molecular complexity index is 654. The van der Waals surface area contributed by atoms with Crippen LogP contribution in [0.5, 0.6) is 0 Å². The number of piperidine rings is 1. The zero-order chi connectivity index (χ0) is 16.1. The molecule has 1 saturated heterocycles. The lowest BCUT2D eigenvalue weighted by molar-refractivity contribution is -0.120. The van der Waals surface area contributed by atoms with Crippen molar-refractivity contribution in [1.82, 2.24) is 5.32 Å². The van der Waals surface area contributed by atoms with Crippen molar-refractivity contribution in [2.24, 2.45) is 5.92 Å². The smallest absolute Gasteiger partial charge is 0.227 e. The number of carbonyl (C=O) groups is 1. The number of benzene rings is 2. The molecular formula is C20H24N2O. The van der Waals surface area contributed by atoms with Crippen molar-refractivity contribution in [2.45, 2.75) is 32.2 Å². The van der Waals surface area contributed by atoms with Gasteiger partial charge < -0.3 is 10.6 Å². The van der Waals surface area contributed by atoms with Gasteiger partial charge in [0.1, 0.15) is 0 Å². The highest BCUT2D eigenvalue weighted by Crippen LogP contribution is 2.22. The second-order valence-corrected chi connectivity index (χ2v) is 6.39. The molecule has 3 rings (SSSR count). The van der Waals surface area contributed by atoms with E-state index in [9.17, 15) is 4.79 Å². The van der Waals surface area contributed by atoms with E-state index in [2.05, 4.69) is 35.8 Å². The standard InChI is InChI=1S/C20H24N2O/c1-15-13-18(11-12-21-15)20(23)22-19-10-6-5-9-17(19)14-16-7-3-2-4-8-16/h2-10,15,18,21H,11-14H2,1H3,(H,22,23)/t15-,18-/m0/s1. The summed E-state index contributed by atoms with van der Waals surface area (Å²) in [6.45, 7) is 3.06. The second kappa shape index (κ2) is 7.42. The van der Waals surface area contributed by atoms with Crippen LogP contribution in [0, 0.1) is 5.92 Å². The summed E-state index contributed by atoms with van der Waals surface area (Å²) >= 11 is 0. The van der Waals surface area contributed by atoms with Crippen LogP contribution in [0.4, 0.5) is 5.69 Å². The van der Waals surface area contributed by atoms with E-state index in [1.54, 1.807) is 0 Å². The van der Waals surface area contributed by atoms with E-state index in [1.165, 1.54) is 5.56 Å². The van der Waals surface area contributed by atoms with Gasteiger partial charge in [0.15, 0.2) is 0 Å². The van der Waals surface area contributed by atoms with Crippen molar-refractivity contribution in [3.63, 3.8) is 0 Å². The summed E-state index contributed by atoms with van der Waals surface area (Å²) < 4.78 is 0. The lowest BCUT2D eigenvalue weighted by Crippen LogP contribution is -2.40. The van der Waals surface area contributed by atoms with Crippen LogP contribution in [-0.2, 0) is 11.2 Å². The number of carbonyl (C=O) groups excluding carboxylic acids is 1. The van der Waals surface area contributed by atoms with Crippen molar-refractivity contribution < 1.29 is 4.79 Å². The van der Waals surface area contributed by atoms with Crippen LogP contribution in [0.3, 0.4) is 0 Å². The van der Waals surface area contributed by atoms with E-state index in [4.69, 9.17) is 0 Å². The molecule has 0 radical (unpaired) electrons.